The maximum Gasteiger partial charge on any atom is 0.269 e. The number of nitro benzene ring substituents is 1. The number of nitro groups is 1. The van der Waals surface area contributed by atoms with E-state index in [9.17, 15) is 14.9 Å². The lowest BCUT2D eigenvalue weighted by Crippen LogP contribution is -2.17. The molecule has 2 aromatic carbocycles. The lowest BCUT2D eigenvalue weighted by atomic mass is 10.1. The molecule has 2 heterocycles. The van der Waals surface area contributed by atoms with Crippen molar-refractivity contribution in [3.05, 3.63) is 69.6 Å². The number of nitrogens with one attached hydrogen (secondary N) is 1. The van der Waals surface area contributed by atoms with Crippen molar-refractivity contribution in [2.24, 2.45) is 0 Å². The molecule has 7 nitrogen and oxygen atoms in total. The number of thiazole rings is 1. The minimum Gasteiger partial charge on any atom is -0.348 e. The van der Waals surface area contributed by atoms with Crippen molar-refractivity contribution < 1.29 is 9.72 Å². The Morgan fingerprint density at radius 3 is 2.61 bits per heavy atom. The van der Waals surface area contributed by atoms with Gasteiger partial charge in [-0.1, -0.05) is 12.1 Å². The van der Waals surface area contributed by atoms with E-state index in [0.29, 0.717) is 11.3 Å². The molecule has 1 aliphatic rings. The molecule has 4 rings (SSSR count). The largest absolute Gasteiger partial charge is 0.348 e. The summed E-state index contributed by atoms with van der Waals surface area (Å²) >= 11 is 1.63. The standard InChI is InChI=1S/C20H18N4O3S/c25-19(14-6-8-17(9-7-14)24(26)27)21-16-5-3-4-15(12-16)18-13-28-20(22-18)23-10-1-2-11-23/h3-9,12-13H,1-2,10-11H2,(H,21,25). The molecule has 28 heavy (non-hydrogen) atoms. The lowest BCUT2D eigenvalue weighted by Gasteiger charge is -2.12. The van der Waals surface area contributed by atoms with Gasteiger partial charge in [0.15, 0.2) is 5.13 Å². The zero-order chi connectivity index (χ0) is 19.5. The molecule has 0 unspecified atom stereocenters. The highest BCUT2D eigenvalue weighted by Gasteiger charge is 2.16. The molecule has 0 spiro atoms. The van der Waals surface area contributed by atoms with Crippen LogP contribution in [0.25, 0.3) is 11.3 Å². The topological polar surface area (TPSA) is 88.4 Å². The van der Waals surface area contributed by atoms with E-state index in [2.05, 4.69) is 10.2 Å². The summed E-state index contributed by atoms with van der Waals surface area (Å²) in [7, 11) is 0. The summed E-state index contributed by atoms with van der Waals surface area (Å²) in [6.45, 7) is 2.11. The van der Waals surface area contributed by atoms with Crippen LogP contribution in [0.1, 0.15) is 23.2 Å². The van der Waals surface area contributed by atoms with Crippen LogP contribution in [0.2, 0.25) is 0 Å². The molecule has 0 radical (unpaired) electrons. The van der Waals surface area contributed by atoms with Crippen molar-refractivity contribution >= 4 is 33.8 Å². The zero-order valence-corrected chi connectivity index (χ0v) is 15.8. The molecular formula is C20H18N4O3S. The Morgan fingerprint density at radius 1 is 1.14 bits per heavy atom. The van der Waals surface area contributed by atoms with Gasteiger partial charge in [0.25, 0.3) is 11.6 Å². The number of hydrogen-bond acceptors (Lipinski definition) is 6. The first-order valence-electron chi connectivity index (χ1n) is 8.97. The number of carbonyl (C=O) groups excluding carboxylic acids is 1. The number of carbonyl (C=O) groups is 1. The second kappa shape index (κ2) is 7.77. The summed E-state index contributed by atoms with van der Waals surface area (Å²) in [5, 5.41) is 16.6. The second-order valence-electron chi connectivity index (χ2n) is 6.55. The Bertz CT molecular complexity index is 1010. The van der Waals surface area contributed by atoms with E-state index in [0.717, 1.165) is 29.5 Å². The molecule has 1 aliphatic heterocycles. The maximum atomic E-state index is 12.4. The van der Waals surface area contributed by atoms with Crippen molar-refractivity contribution in [1.82, 2.24) is 4.98 Å². The first-order valence-corrected chi connectivity index (χ1v) is 9.85. The maximum absolute atomic E-state index is 12.4. The van der Waals surface area contributed by atoms with Crippen LogP contribution in [0.5, 0.6) is 0 Å². The quantitative estimate of drug-likeness (QED) is 0.506. The van der Waals surface area contributed by atoms with E-state index in [-0.39, 0.29) is 11.6 Å². The highest BCUT2D eigenvalue weighted by atomic mass is 32.1. The zero-order valence-electron chi connectivity index (χ0n) is 15.0. The number of anilines is 2. The third-order valence-electron chi connectivity index (χ3n) is 4.63. The Balaban J connectivity index is 1.49. The van der Waals surface area contributed by atoms with E-state index in [4.69, 9.17) is 4.98 Å². The molecule has 8 heteroatoms. The molecule has 1 amide bonds. The predicted molar refractivity (Wildman–Crippen MR) is 110 cm³/mol. The van der Waals surface area contributed by atoms with E-state index < -0.39 is 4.92 Å². The number of aromatic nitrogens is 1. The van der Waals surface area contributed by atoms with Gasteiger partial charge in [0.2, 0.25) is 0 Å². The molecule has 142 valence electrons. The van der Waals surface area contributed by atoms with Crippen LogP contribution in [-0.4, -0.2) is 28.9 Å². The molecule has 0 atom stereocenters. The van der Waals surface area contributed by atoms with Gasteiger partial charge in [-0.2, -0.15) is 0 Å². The van der Waals surface area contributed by atoms with Gasteiger partial charge < -0.3 is 10.2 Å². The van der Waals surface area contributed by atoms with Gasteiger partial charge in [0.05, 0.1) is 10.6 Å². The fourth-order valence-electron chi connectivity index (χ4n) is 3.14. The highest BCUT2D eigenvalue weighted by Crippen LogP contribution is 2.30. The monoisotopic (exact) mass is 394 g/mol. The Labute approximate surface area is 165 Å². The van der Waals surface area contributed by atoms with Crippen LogP contribution in [0, 0.1) is 10.1 Å². The normalized spacial score (nSPS) is 13.5. The molecule has 0 saturated carbocycles. The number of rotatable bonds is 5. The Kier molecular flexibility index (Phi) is 5.03. The fraction of sp³-hybridized carbons (Fsp3) is 0.200. The minimum atomic E-state index is -0.491. The summed E-state index contributed by atoms with van der Waals surface area (Å²) in [4.78, 5) is 29.7. The average Bonchev–Trinajstić information content (AvgIpc) is 3.40. The van der Waals surface area contributed by atoms with Gasteiger partial charge in [-0.25, -0.2) is 4.98 Å². The number of hydrogen-bond donors (Lipinski definition) is 1. The van der Waals surface area contributed by atoms with Gasteiger partial charge >= 0.3 is 0 Å². The van der Waals surface area contributed by atoms with Crippen LogP contribution < -0.4 is 10.2 Å². The van der Waals surface area contributed by atoms with Crippen LogP contribution in [0.15, 0.2) is 53.9 Å². The first kappa shape index (κ1) is 18.1. The molecule has 1 fully saturated rings. The van der Waals surface area contributed by atoms with E-state index in [1.165, 1.54) is 37.1 Å². The van der Waals surface area contributed by atoms with Crippen molar-refractivity contribution in [1.29, 1.82) is 0 Å². The molecule has 1 aromatic heterocycles. The van der Waals surface area contributed by atoms with Crippen molar-refractivity contribution in [3.8, 4) is 11.3 Å². The van der Waals surface area contributed by atoms with Gasteiger partial charge in [0, 0.05) is 47.4 Å². The van der Waals surface area contributed by atoms with Crippen molar-refractivity contribution in [2.45, 2.75) is 12.8 Å². The van der Waals surface area contributed by atoms with Crippen molar-refractivity contribution in [3.63, 3.8) is 0 Å². The lowest BCUT2D eigenvalue weighted by molar-refractivity contribution is -0.384. The smallest absolute Gasteiger partial charge is 0.269 e. The predicted octanol–water partition coefficient (Wildman–Crippen LogP) is 4.57. The molecule has 1 saturated heterocycles. The molecule has 1 N–H and O–H groups in total. The highest BCUT2D eigenvalue weighted by molar-refractivity contribution is 7.14. The molecule has 3 aromatic rings. The average molecular weight is 394 g/mol. The molecule has 0 aliphatic carbocycles. The van der Waals surface area contributed by atoms with Crippen LogP contribution >= 0.6 is 11.3 Å². The van der Waals surface area contributed by atoms with Crippen LogP contribution in [0.4, 0.5) is 16.5 Å². The Hall–Kier alpha value is -3.26. The summed E-state index contributed by atoms with van der Waals surface area (Å²) in [6, 6.07) is 13.0. The summed E-state index contributed by atoms with van der Waals surface area (Å²) in [5.41, 5.74) is 2.79. The van der Waals surface area contributed by atoms with E-state index in [1.54, 1.807) is 17.4 Å². The summed E-state index contributed by atoms with van der Waals surface area (Å²) in [5.74, 6) is -0.317. The van der Waals surface area contributed by atoms with Gasteiger partial charge in [-0.3, -0.25) is 14.9 Å². The summed E-state index contributed by atoms with van der Waals surface area (Å²) in [6.07, 6.45) is 2.41. The number of non-ortho nitro benzene ring substituents is 1. The fourth-order valence-corrected chi connectivity index (χ4v) is 4.03. The third kappa shape index (κ3) is 3.86. The molecular weight excluding hydrogens is 376 g/mol. The first-order chi connectivity index (χ1) is 13.6. The third-order valence-corrected chi connectivity index (χ3v) is 5.53. The van der Waals surface area contributed by atoms with Crippen LogP contribution in [-0.2, 0) is 0 Å². The van der Waals surface area contributed by atoms with Gasteiger partial charge in [-0.05, 0) is 37.1 Å². The second-order valence-corrected chi connectivity index (χ2v) is 7.38. The number of nitrogens with zero attached hydrogens (tertiary/aromatic N) is 3. The SMILES string of the molecule is O=C(Nc1cccc(-c2csc(N3CCCC3)n2)c1)c1ccc([N+](=O)[O-])cc1. The minimum absolute atomic E-state index is 0.0455. The summed E-state index contributed by atoms with van der Waals surface area (Å²) < 4.78 is 0. The van der Waals surface area contributed by atoms with E-state index >= 15 is 0 Å². The number of amides is 1. The number of benzene rings is 2. The van der Waals surface area contributed by atoms with Gasteiger partial charge in [-0.15, -0.1) is 11.3 Å². The molecule has 0 bridgehead atoms. The van der Waals surface area contributed by atoms with Crippen LogP contribution in [0.3, 0.4) is 0 Å². The Morgan fingerprint density at radius 2 is 1.89 bits per heavy atom. The van der Waals surface area contributed by atoms with E-state index in [1.807, 2.05) is 23.6 Å². The van der Waals surface area contributed by atoms with Crippen molar-refractivity contribution in [2.75, 3.05) is 23.3 Å². The van der Waals surface area contributed by atoms with Gasteiger partial charge in [0.1, 0.15) is 0 Å².